The van der Waals surface area contributed by atoms with Crippen molar-refractivity contribution < 1.29 is 22.3 Å². The first-order valence-corrected chi connectivity index (χ1v) is 5.25. The Kier molecular flexibility index (Phi) is 4.59. The minimum Gasteiger partial charge on any atom is -0.464 e. The molecule has 0 aromatic carbocycles. The Morgan fingerprint density at radius 1 is 1.47 bits per heavy atom. The van der Waals surface area contributed by atoms with Crippen molar-refractivity contribution in [3.63, 3.8) is 0 Å². The van der Waals surface area contributed by atoms with E-state index < -0.39 is 12.3 Å². The van der Waals surface area contributed by atoms with E-state index >= 15 is 0 Å². The molecule has 0 aliphatic heterocycles. The van der Waals surface area contributed by atoms with E-state index in [2.05, 4.69) is 5.32 Å². The van der Waals surface area contributed by atoms with E-state index in [0.29, 0.717) is 18.1 Å². The molecule has 0 fully saturated rings. The van der Waals surface area contributed by atoms with Gasteiger partial charge in [0.2, 0.25) is 0 Å². The Morgan fingerprint density at radius 2 is 2.12 bits per heavy atom. The number of alkyl halides is 3. The molecule has 0 spiro atoms. The van der Waals surface area contributed by atoms with Crippen molar-refractivity contribution in [2.45, 2.75) is 39.3 Å². The van der Waals surface area contributed by atoms with E-state index in [1.54, 1.807) is 20.0 Å². The molecule has 98 valence electrons. The zero-order valence-corrected chi connectivity index (χ0v) is 10.0. The highest BCUT2D eigenvalue weighted by Gasteiger charge is 2.37. The highest BCUT2D eigenvalue weighted by atomic mass is 19.4. The minimum atomic E-state index is -4.34. The molecule has 1 aromatic rings. The first-order valence-electron chi connectivity index (χ1n) is 5.25. The molecular formula is C11H16F3NO2. The summed E-state index contributed by atoms with van der Waals surface area (Å²) in [5.41, 5.74) is 0.922. The van der Waals surface area contributed by atoms with Crippen LogP contribution in [0.1, 0.15) is 24.0 Å². The van der Waals surface area contributed by atoms with Crippen LogP contribution in [0.15, 0.2) is 10.5 Å². The van der Waals surface area contributed by atoms with Gasteiger partial charge in [0.05, 0.1) is 0 Å². The van der Waals surface area contributed by atoms with Crippen LogP contribution in [0.3, 0.4) is 0 Å². The predicted molar refractivity (Wildman–Crippen MR) is 56.5 cm³/mol. The molecule has 1 N–H and O–H groups in total. The topological polar surface area (TPSA) is 34.4 Å². The number of ether oxygens (including phenoxy) is 1. The SMILES string of the molecule is CNCc1cc(COC(C)C(F)(F)F)oc1C. The summed E-state index contributed by atoms with van der Waals surface area (Å²) >= 11 is 0. The lowest BCUT2D eigenvalue weighted by atomic mass is 10.2. The molecule has 1 heterocycles. The Labute approximate surface area is 97.9 Å². The molecule has 6 heteroatoms. The van der Waals surface area contributed by atoms with Gasteiger partial charge < -0.3 is 14.5 Å². The van der Waals surface area contributed by atoms with Crippen molar-refractivity contribution in [1.82, 2.24) is 5.32 Å². The third kappa shape index (κ3) is 4.05. The molecular weight excluding hydrogens is 235 g/mol. The maximum atomic E-state index is 12.2. The molecule has 0 bridgehead atoms. The second kappa shape index (κ2) is 5.55. The third-order valence-corrected chi connectivity index (χ3v) is 2.38. The molecule has 0 amide bonds. The fourth-order valence-corrected chi connectivity index (χ4v) is 1.33. The van der Waals surface area contributed by atoms with Crippen LogP contribution in [0.2, 0.25) is 0 Å². The molecule has 17 heavy (non-hydrogen) atoms. The fraction of sp³-hybridized carbons (Fsp3) is 0.636. The maximum absolute atomic E-state index is 12.2. The van der Waals surface area contributed by atoms with Gasteiger partial charge >= 0.3 is 6.18 Å². The van der Waals surface area contributed by atoms with Crippen molar-refractivity contribution >= 4 is 0 Å². The number of aryl methyl sites for hydroxylation is 1. The van der Waals surface area contributed by atoms with Crippen molar-refractivity contribution in [3.8, 4) is 0 Å². The summed E-state index contributed by atoms with van der Waals surface area (Å²) in [6.45, 7) is 3.18. The summed E-state index contributed by atoms with van der Waals surface area (Å²) in [5, 5.41) is 2.95. The second-order valence-corrected chi connectivity index (χ2v) is 3.82. The number of halogens is 3. The van der Waals surface area contributed by atoms with Crippen molar-refractivity contribution in [2.24, 2.45) is 0 Å². The Hall–Kier alpha value is -1.01. The van der Waals surface area contributed by atoms with Gasteiger partial charge in [-0.3, -0.25) is 0 Å². The van der Waals surface area contributed by atoms with E-state index in [1.807, 2.05) is 0 Å². The summed E-state index contributed by atoms with van der Waals surface area (Å²) in [6, 6.07) is 1.70. The average molecular weight is 251 g/mol. The van der Waals surface area contributed by atoms with E-state index in [1.165, 1.54) is 0 Å². The van der Waals surface area contributed by atoms with E-state index in [9.17, 15) is 13.2 Å². The highest BCUT2D eigenvalue weighted by Crippen LogP contribution is 2.24. The Morgan fingerprint density at radius 3 is 2.65 bits per heavy atom. The summed E-state index contributed by atoms with van der Waals surface area (Å²) < 4.78 is 46.6. The van der Waals surface area contributed by atoms with Crippen LogP contribution < -0.4 is 5.32 Å². The van der Waals surface area contributed by atoms with Crippen LogP contribution in [0.25, 0.3) is 0 Å². The Bertz CT molecular complexity index is 360. The summed E-state index contributed by atoms with van der Waals surface area (Å²) in [4.78, 5) is 0. The predicted octanol–water partition coefficient (Wildman–Crippen LogP) is 2.77. The van der Waals surface area contributed by atoms with Gasteiger partial charge in [-0.2, -0.15) is 13.2 Å². The van der Waals surface area contributed by atoms with Crippen LogP contribution in [0.5, 0.6) is 0 Å². The van der Waals surface area contributed by atoms with Crippen LogP contribution in [0, 0.1) is 6.92 Å². The van der Waals surface area contributed by atoms with E-state index in [4.69, 9.17) is 9.15 Å². The van der Waals surface area contributed by atoms with Crippen LogP contribution in [-0.4, -0.2) is 19.3 Å². The van der Waals surface area contributed by atoms with Gasteiger partial charge in [-0.1, -0.05) is 0 Å². The standard InChI is InChI=1S/C11H16F3NO2/c1-7-9(5-15-3)4-10(17-7)6-16-8(2)11(12,13)14/h4,8,15H,5-6H2,1-3H3. The first-order chi connectivity index (χ1) is 7.84. The molecule has 0 saturated carbocycles. The largest absolute Gasteiger partial charge is 0.464 e. The fourth-order valence-electron chi connectivity index (χ4n) is 1.33. The van der Waals surface area contributed by atoms with Crippen LogP contribution in [0.4, 0.5) is 13.2 Å². The van der Waals surface area contributed by atoms with Gasteiger partial charge in [-0.25, -0.2) is 0 Å². The lowest BCUT2D eigenvalue weighted by Crippen LogP contribution is -2.28. The maximum Gasteiger partial charge on any atom is 0.414 e. The number of hydrogen-bond donors (Lipinski definition) is 1. The Balaban J connectivity index is 2.55. The van der Waals surface area contributed by atoms with Gasteiger partial charge in [0.25, 0.3) is 0 Å². The van der Waals surface area contributed by atoms with Crippen molar-refractivity contribution in [3.05, 3.63) is 23.2 Å². The number of rotatable bonds is 5. The summed E-state index contributed by atoms with van der Waals surface area (Å²) in [7, 11) is 1.79. The van der Waals surface area contributed by atoms with Gasteiger partial charge in [0, 0.05) is 12.1 Å². The smallest absolute Gasteiger partial charge is 0.414 e. The van der Waals surface area contributed by atoms with E-state index in [-0.39, 0.29) is 6.61 Å². The first kappa shape index (κ1) is 14.1. The molecule has 1 atom stereocenters. The second-order valence-electron chi connectivity index (χ2n) is 3.82. The van der Waals surface area contributed by atoms with Crippen molar-refractivity contribution in [2.75, 3.05) is 7.05 Å². The number of furan rings is 1. The molecule has 0 saturated heterocycles. The average Bonchev–Trinajstić information content (AvgIpc) is 2.55. The third-order valence-electron chi connectivity index (χ3n) is 2.38. The van der Waals surface area contributed by atoms with Gasteiger partial charge in [0.15, 0.2) is 6.10 Å². The zero-order valence-electron chi connectivity index (χ0n) is 10.0. The lowest BCUT2D eigenvalue weighted by Gasteiger charge is -2.15. The molecule has 0 aliphatic rings. The highest BCUT2D eigenvalue weighted by molar-refractivity contribution is 5.20. The molecule has 3 nitrogen and oxygen atoms in total. The molecule has 1 aromatic heterocycles. The molecule has 1 rings (SSSR count). The summed E-state index contributed by atoms with van der Waals surface area (Å²) in [6.07, 6.45) is -6.13. The monoisotopic (exact) mass is 251 g/mol. The molecule has 1 unspecified atom stereocenters. The quantitative estimate of drug-likeness (QED) is 0.873. The lowest BCUT2D eigenvalue weighted by molar-refractivity contribution is -0.218. The van der Waals surface area contributed by atoms with Gasteiger partial charge in [-0.05, 0) is 27.0 Å². The van der Waals surface area contributed by atoms with Crippen LogP contribution in [-0.2, 0) is 17.9 Å². The number of hydrogen-bond acceptors (Lipinski definition) is 3. The summed E-state index contributed by atoms with van der Waals surface area (Å²) in [5.74, 6) is 1.10. The minimum absolute atomic E-state index is 0.175. The number of nitrogens with one attached hydrogen (secondary N) is 1. The normalized spacial score (nSPS) is 14.0. The zero-order chi connectivity index (χ0) is 13.1. The molecule has 0 radical (unpaired) electrons. The van der Waals surface area contributed by atoms with Crippen LogP contribution >= 0.6 is 0 Å². The van der Waals surface area contributed by atoms with Crippen molar-refractivity contribution in [1.29, 1.82) is 0 Å². The molecule has 0 aliphatic carbocycles. The van der Waals surface area contributed by atoms with E-state index in [0.717, 1.165) is 12.5 Å². The van der Waals surface area contributed by atoms with Gasteiger partial charge in [-0.15, -0.1) is 0 Å². The van der Waals surface area contributed by atoms with Gasteiger partial charge in [0.1, 0.15) is 18.1 Å².